The summed E-state index contributed by atoms with van der Waals surface area (Å²) >= 11 is 3.24. The fraction of sp³-hybridized carbons (Fsp3) is 0.286. The molecule has 0 saturated heterocycles. The molecule has 1 aromatic heterocycles. The van der Waals surface area contributed by atoms with Gasteiger partial charge in [0.1, 0.15) is 10.4 Å². The third-order valence-electron chi connectivity index (χ3n) is 1.13. The van der Waals surface area contributed by atoms with E-state index in [1.165, 1.54) is 0 Å². The molecule has 0 aliphatic heterocycles. The van der Waals surface area contributed by atoms with Gasteiger partial charge in [0, 0.05) is 6.54 Å². The van der Waals surface area contributed by atoms with E-state index in [-0.39, 0.29) is 6.61 Å². The summed E-state index contributed by atoms with van der Waals surface area (Å²) in [6, 6.07) is 5.58. The maximum absolute atomic E-state index is 8.49. The number of aliphatic hydroxyl groups is 1. The lowest BCUT2D eigenvalue weighted by Gasteiger charge is -2.01. The standard InChI is InChI=1S/C7H9BrN2O/c8-6-2-1-3-7(10-6)9-4-5-11/h1-3,11H,4-5H2,(H,9,10). The second-order valence-corrected chi connectivity index (χ2v) is 2.81. The van der Waals surface area contributed by atoms with Gasteiger partial charge in [0.25, 0.3) is 0 Å². The Morgan fingerprint density at radius 1 is 1.55 bits per heavy atom. The Hall–Kier alpha value is -0.610. The first-order valence-electron chi connectivity index (χ1n) is 3.30. The summed E-state index contributed by atoms with van der Waals surface area (Å²) < 4.78 is 0.792. The molecule has 0 aromatic carbocycles. The fourth-order valence-electron chi connectivity index (χ4n) is 0.691. The molecule has 0 radical (unpaired) electrons. The number of nitrogens with one attached hydrogen (secondary N) is 1. The minimum absolute atomic E-state index is 0.119. The molecule has 60 valence electrons. The Morgan fingerprint density at radius 3 is 3.00 bits per heavy atom. The van der Waals surface area contributed by atoms with Crippen LogP contribution in [-0.4, -0.2) is 23.2 Å². The van der Waals surface area contributed by atoms with E-state index in [0.29, 0.717) is 6.54 Å². The molecule has 1 aromatic rings. The van der Waals surface area contributed by atoms with Crippen molar-refractivity contribution < 1.29 is 5.11 Å². The minimum Gasteiger partial charge on any atom is -0.395 e. The smallest absolute Gasteiger partial charge is 0.127 e. The molecule has 1 heterocycles. The molecule has 1 rings (SSSR count). The van der Waals surface area contributed by atoms with Crippen LogP contribution in [0.15, 0.2) is 22.8 Å². The molecule has 0 amide bonds. The number of hydrogen-bond acceptors (Lipinski definition) is 3. The number of pyridine rings is 1. The lowest BCUT2D eigenvalue weighted by atomic mass is 10.4. The van der Waals surface area contributed by atoms with Gasteiger partial charge in [-0.3, -0.25) is 0 Å². The van der Waals surface area contributed by atoms with Gasteiger partial charge in [0.15, 0.2) is 0 Å². The quantitative estimate of drug-likeness (QED) is 0.749. The maximum Gasteiger partial charge on any atom is 0.127 e. The Kier molecular flexibility index (Phi) is 3.32. The minimum atomic E-state index is 0.119. The van der Waals surface area contributed by atoms with Crippen LogP contribution in [-0.2, 0) is 0 Å². The molecule has 0 spiro atoms. The van der Waals surface area contributed by atoms with Crippen molar-refractivity contribution in [1.82, 2.24) is 4.98 Å². The largest absolute Gasteiger partial charge is 0.395 e. The number of rotatable bonds is 3. The van der Waals surface area contributed by atoms with E-state index >= 15 is 0 Å². The number of hydrogen-bond donors (Lipinski definition) is 2. The van der Waals surface area contributed by atoms with Crippen LogP contribution in [0, 0.1) is 0 Å². The van der Waals surface area contributed by atoms with E-state index in [2.05, 4.69) is 26.2 Å². The number of nitrogens with zero attached hydrogens (tertiary/aromatic N) is 1. The van der Waals surface area contributed by atoms with Gasteiger partial charge < -0.3 is 10.4 Å². The average Bonchev–Trinajstić information content (AvgIpc) is 2.01. The second kappa shape index (κ2) is 4.31. The van der Waals surface area contributed by atoms with Crippen LogP contribution < -0.4 is 5.32 Å². The molecule has 0 aliphatic carbocycles. The first-order chi connectivity index (χ1) is 5.33. The number of anilines is 1. The summed E-state index contributed by atoms with van der Waals surface area (Å²) in [5.74, 6) is 0.772. The van der Waals surface area contributed by atoms with Crippen LogP contribution in [0.2, 0.25) is 0 Å². The zero-order chi connectivity index (χ0) is 8.10. The van der Waals surface area contributed by atoms with Crippen LogP contribution in [0.25, 0.3) is 0 Å². The highest BCUT2D eigenvalue weighted by Crippen LogP contribution is 2.09. The maximum atomic E-state index is 8.49. The van der Waals surface area contributed by atoms with E-state index in [0.717, 1.165) is 10.4 Å². The summed E-state index contributed by atoms with van der Waals surface area (Å²) in [5, 5.41) is 11.4. The zero-order valence-corrected chi connectivity index (χ0v) is 7.50. The number of halogens is 1. The molecule has 0 bridgehead atoms. The lowest BCUT2D eigenvalue weighted by Crippen LogP contribution is -2.06. The molecular weight excluding hydrogens is 208 g/mol. The zero-order valence-electron chi connectivity index (χ0n) is 5.92. The molecule has 3 nitrogen and oxygen atoms in total. The van der Waals surface area contributed by atoms with Crippen molar-refractivity contribution in [2.45, 2.75) is 0 Å². The van der Waals surface area contributed by atoms with Gasteiger partial charge in [-0.1, -0.05) is 6.07 Å². The van der Waals surface area contributed by atoms with Crippen molar-refractivity contribution in [3.63, 3.8) is 0 Å². The Bertz CT molecular complexity index is 229. The van der Waals surface area contributed by atoms with Gasteiger partial charge in [0.05, 0.1) is 6.61 Å². The van der Waals surface area contributed by atoms with Crippen LogP contribution in [0.5, 0.6) is 0 Å². The average molecular weight is 217 g/mol. The third kappa shape index (κ3) is 2.86. The van der Waals surface area contributed by atoms with Crippen LogP contribution in [0.3, 0.4) is 0 Å². The molecule has 0 fully saturated rings. The molecular formula is C7H9BrN2O. The Balaban J connectivity index is 2.56. The molecule has 0 atom stereocenters. The predicted molar refractivity (Wildman–Crippen MR) is 47.5 cm³/mol. The normalized spacial score (nSPS) is 9.64. The van der Waals surface area contributed by atoms with Crippen LogP contribution in [0.4, 0.5) is 5.82 Å². The SMILES string of the molecule is OCCNc1cccc(Br)n1. The first kappa shape index (κ1) is 8.49. The molecule has 2 N–H and O–H groups in total. The highest BCUT2D eigenvalue weighted by Gasteiger charge is 1.91. The van der Waals surface area contributed by atoms with Crippen molar-refractivity contribution in [2.75, 3.05) is 18.5 Å². The summed E-state index contributed by atoms with van der Waals surface area (Å²) in [6.07, 6.45) is 0. The topological polar surface area (TPSA) is 45.1 Å². The van der Waals surface area contributed by atoms with E-state index in [4.69, 9.17) is 5.11 Å². The van der Waals surface area contributed by atoms with Crippen molar-refractivity contribution in [1.29, 1.82) is 0 Å². The van der Waals surface area contributed by atoms with E-state index in [9.17, 15) is 0 Å². The Morgan fingerprint density at radius 2 is 2.36 bits per heavy atom. The lowest BCUT2D eigenvalue weighted by molar-refractivity contribution is 0.311. The molecule has 0 saturated carbocycles. The van der Waals surface area contributed by atoms with E-state index in [1.54, 1.807) is 0 Å². The van der Waals surface area contributed by atoms with Gasteiger partial charge in [-0.2, -0.15) is 0 Å². The number of aliphatic hydroxyl groups excluding tert-OH is 1. The molecule has 4 heteroatoms. The van der Waals surface area contributed by atoms with Gasteiger partial charge in [-0.05, 0) is 28.1 Å². The highest BCUT2D eigenvalue weighted by atomic mass is 79.9. The van der Waals surface area contributed by atoms with Crippen molar-refractivity contribution in [3.8, 4) is 0 Å². The fourth-order valence-corrected chi connectivity index (χ4v) is 1.03. The Labute approximate surface area is 73.6 Å². The summed E-state index contributed by atoms with van der Waals surface area (Å²) in [5.41, 5.74) is 0. The summed E-state index contributed by atoms with van der Waals surface area (Å²) in [6.45, 7) is 0.650. The molecule has 0 unspecified atom stereocenters. The first-order valence-corrected chi connectivity index (χ1v) is 4.09. The second-order valence-electron chi connectivity index (χ2n) is 2.00. The van der Waals surface area contributed by atoms with Crippen molar-refractivity contribution in [2.24, 2.45) is 0 Å². The molecule has 0 aliphatic rings. The number of aromatic nitrogens is 1. The van der Waals surface area contributed by atoms with Crippen LogP contribution in [0.1, 0.15) is 0 Å². The van der Waals surface area contributed by atoms with Gasteiger partial charge >= 0.3 is 0 Å². The highest BCUT2D eigenvalue weighted by molar-refractivity contribution is 9.10. The van der Waals surface area contributed by atoms with Gasteiger partial charge in [0.2, 0.25) is 0 Å². The predicted octanol–water partition coefficient (Wildman–Crippen LogP) is 1.25. The van der Waals surface area contributed by atoms with Crippen LogP contribution >= 0.6 is 15.9 Å². The van der Waals surface area contributed by atoms with Crippen molar-refractivity contribution in [3.05, 3.63) is 22.8 Å². The van der Waals surface area contributed by atoms with Gasteiger partial charge in [-0.15, -0.1) is 0 Å². The summed E-state index contributed by atoms with van der Waals surface area (Å²) in [7, 11) is 0. The van der Waals surface area contributed by atoms with Crippen molar-refractivity contribution >= 4 is 21.7 Å². The van der Waals surface area contributed by atoms with E-state index in [1.807, 2.05) is 18.2 Å². The monoisotopic (exact) mass is 216 g/mol. The van der Waals surface area contributed by atoms with E-state index < -0.39 is 0 Å². The third-order valence-corrected chi connectivity index (χ3v) is 1.57. The van der Waals surface area contributed by atoms with Gasteiger partial charge in [-0.25, -0.2) is 4.98 Å². The summed E-state index contributed by atoms with van der Waals surface area (Å²) in [4.78, 5) is 4.11. The molecule has 11 heavy (non-hydrogen) atoms.